The van der Waals surface area contributed by atoms with Crippen LogP contribution in [-0.2, 0) is 4.74 Å². The summed E-state index contributed by atoms with van der Waals surface area (Å²) in [5, 5.41) is 8.85. The maximum Gasteiger partial charge on any atom is 0.0589 e. The minimum absolute atomic E-state index is 0.241. The molecule has 0 saturated heterocycles. The van der Waals surface area contributed by atoms with Gasteiger partial charge in [0.05, 0.1) is 13.2 Å². The molecule has 14 heavy (non-hydrogen) atoms. The summed E-state index contributed by atoms with van der Waals surface area (Å²) in [5.74, 6) is 2.41. The van der Waals surface area contributed by atoms with Crippen molar-refractivity contribution in [3.63, 3.8) is 0 Å². The van der Waals surface area contributed by atoms with Gasteiger partial charge in [-0.05, 0) is 24.5 Å². The van der Waals surface area contributed by atoms with Crippen LogP contribution in [0.2, 0.25) is 0 Å². The number of hydrogen-bond donors (Lipinski definition) is 1. The topological polar surface area (TPSA) is 32.7 Å². The third kappa shape index (κ3) is 8.81. The Balaban J connectivity index is 3.40. The van der Waals surface area contributed by atoms with Crippen LogP contribution in [0.4, 0.5) is 0 Å². The fraction of sp³-hybridized carbons (Fsp3) is 1.00. The number of hydrogen-bond acceptors (Lipinski definition) is 4. The predicted molar refractivity (Wildman–Crippen MR) is 63.0 cm³/mol. The summed E-state index contributed by atoms with van der Waals surface area (Å²) < 4.78 is 5.02. The summed E-state index contributed by atoms with van der Waals surface area (Å²) in [6.45, 7) is 5.93. The van der Waals surface area contributed by atoms with E-state index in [0.29, 0.717) is 0 Å². The molecule has 4 heteroatoms. The van der Waals surface area contributed by atoms with E-state index in [1.54, 1.807) is 7.11 Å². The molecule has 0 atom stereocenters. The van der Waals surface area contributed by atoms with E-state index in [9.17, 15) is 0 Å². The Morgan fingerprint density at radius 3 is 2.64 bits per heavy atom. The maximum atomic E-state index is 8.85. The second-order valence-electron chi connectivity index (χ2n) is 3.11. The molecule has 0 saturated carbocycles. The molecule has 86 valence electrons. The lowest BCUT2D eigenvalue weighted by molar-refractivity contribution is 0.131. The van der Waals surface area contributed by atoms with Gasteiger partial charge >= 0.3 is 0 Å². The van der Waals surface area contributed by atoms with Crippen LogP contribution in [0.1, 0.15) is 13.3 Å². The number of thioether (sulfide) groups is 1. The van der Waals surface area contributed by atoms with Crippen molar-refractivity contribution in [1.82, 2.24) is 4.90 Å². The highest BCUT2D eigenvalue weighted by atomic mass is 32.2. The first-order valence-corrected chi connectivity index (χ1v) is 6.40. The number of ether oxygens (including phenoxy) is 1. The van der Waals surface area contributed by atoms with E-state index in [1.165, 1.54) is 17.9 Å². The van der Waals surface area contributed by atoms with Crippen LogP contribution in [0.25, 0.3) is 0 Å². The molecule has 0 aliphatic heterocycles. The summed E-state index contributed by atoms with van der Waals surface area (Å²) in [7, 11) is 1.71. The molecule has 0 rings (SSSR count). The Morgan fingerprint density at radius 1 is 1.29 bits per heavy atom. The molecule has 0 amide bonds. The van der Waals surface area contributed by atoms with Crippen LogP contribution in [0.5, 0.6) is 0 Å². The van der Waals surface area contributed by atoms with Gasteiger partial charge in [0.25, 0.3) is 0 Å². The average Bonchev–Trinajstić information content (AvgIpc) is 2.20. The van der Waals surface area contributed by atoms with Gasteiger partial charge in [-0.2, -0.15) is 11.8 Å². The second-order valence-corrected chi connectivity index (χ2v) is 4.50. The Morgan fingerprint density at radius 2 is 2.07 bits per heavy atom. The van der Waals surface area contributed by atoms with E-state index >= 15 is 0 Å². The summed E-state index contributed by atoms with van der Waals surface area (Å²) in [6, 6.07) is 0. The van der Waals surface area contributed by atoms with Gasteiger partial charge in [-0.15, -0.1) is 0 Å². The minimum atomic E-state index is 0.241. The standard InChI is InChI=1S/C10H23NO2S/c1-3-14-10-4-5-11(6-8-12)7-9-13-2/h12H,3-10H2,1-2H3. The molecule has 0 aliphatic carbocycles. The van der Waals surface area contributed by atoms with E-state index in [1.807, 2.05) is 11.8 Å². The van der Waals surface area contributed by atoms with Crippen molar-refractivity contribution in [2.75, 3.05) is 51.5 Å². The Kier molecular flexibility index (Phi) is 11.5. The molecule has 0 aromatic carbocycles. The highest BCUT2D eigenvalue weighted by molar-refractivity contribution is 7.99. The molecule has 3 nitrogen and oxygen atoms in total. The molecule has 0 fully saturated rings. The number of rotatable bonds is 10. The van der Waals surface area contributed by atoms with E-state index in [4.69, 9.17) is 9.84 Å². The molecule has 0 aromatic heterocycles. The first kappa shape index (κ1) is 14.2. The van der Waals surface area contributed by atoms with Gasteiger partial charge in [-0.3, -0.25) is 4.90 Å². The molecular formula is C10H23NO2S. The molecule has 0 heterocycles. The molecule has 0 spiro atoms. The third-order valence-corrected chi connectivity index (χ3v) is 2.98. The lowest BCUT2D eigenvalue weighted by Gasteiger charge is -2.20. The zero-order chi connectivity index (χ0) is 10.6. The largest absolute Gasteiger partial charge is 0.395 e. The van der Waals surface area contributed by atoms with Gasteiger partial charge < -0.3 is 9.84 Å². The molecule has 0 radical (unpaired) electrons. The minimum Gasteiger partial charge on any atom is -0.395 e. The highest BCUT2D eigenvalue weighted by Crippen LogP contribution is 2.02. The quantitative estimate of drug-likeness (QED) is 0.559. The van der Waals surface area contributed by atoms with E-state index in [0.717, 1.165) is 26.2 Å². The maximum absolute atomic E-state index is 8.85. The molecule has 0 aromatic rings. The van der Waals surface area contributed by atoms with Crippen LogP contribution in [0, 0.1) is 0 Å². The monoisotopic (exact) mass is 221 g/mol. The van der Waals surface area contributed by atoms with Gasteiger partial charge in [-0.25, -0.2) is 0 Å². The number of aliphatic hydroxyl groups is 1. The summed E-state index contributed by atoms with van der Waals surface area (Å²) in [6.07, 6.45) is 1.20. The van der Waals surface area contributed by atoms with Crippen molar-refractivity contribution >= 4 is 11.8 Å². The molecule has 1 N–H and O–H groups in total. The van der Waals surface area contributed by atoms with Crippen molar-refractivity contribution in [2.24, 2.45) is 0 Å². The van der Waals surface area contributed by atoms with Gasteiger partial charge in [0.1, 0.15) is 0 Å². The number of nitrogens with zero attached hydrogens (tertiary/aromatic N) is 1. The van der Waals surface area contributed by atoms with Crippen LogP contribution in [-0.4, -0.2) is 61.5 Å². The van der Waals surface area contributed by atoms with Gasteiger partial charge in [0, 0.05) is 20.2 Å². The normalized spacial score (nSPS) is 11.1. The summed E-state index contributed by atoms with van der Waals surface area (Å²) in [4.78, 5) is 2.25. The lowest BCUT2D eigenvalue weighted by atomic mass is 10.4. The van der Waals surface area contributed by atoms with Gasteiger partial charge in [0.2, 0.25) is 0 Å². The average molecular weight is 221 g/mol. The second kappa shape index (κ2) is 11.3. The Hall–Kier alpha value is 0.230. The Bertz CT molecular complexity index is 114. The fourth-order valence-electron chi connectivity index (χ4n) is 1.23. The summed E-state index contributed by atoms with van der Waals surface area (Å²) >= 11 is 1.97. The van der Waals surface area contributed by atoms with Crippen LogP contribution in [0.15, 0.2) is 0 Å². The number of aliphatic hydroxyl groups excluding tert-OH is 1. The van der Waals surface area contributed by atoms with Crippen molar-refractivity contribution < 1.29 is 9.84 Å². The number of methoxy groups -OCH3 is 1. The molecule has 0 unspecified atom stereocenters. The molecular weight excluding hydrogens is 198 g/mol. The van der Waals surface area contributed by atoms with Crippen LogP contribution >= 0.6 is 11.8 Å². The molecule has 0 aliphatic rings. The zero-order valence-electron chi connectivity index (χ0n) is 9.37. The fourth-order valence-corrected chi connectivity index (χ4v) is 1.85. The predicted octanol–water partition coefficient (Wildman–Crippen LogP) is 1.07. The van der Waals surface area contributed by atoms with Crippen molar-refractivity contribution in [3.05, 3.63) is 0 Å². The van der Waals surface area contributed by atoms with Crippen molar-refractivity contribution in [2.45, 2.75) is 13.3 Å². The first-order chi connectivity index (χ1) is 6.85. The van der Waals surface area contributed by atoms with Crippen LogP contribution in [0.3, 0.4) is 0 Å². The van der Waals surface area contributed by atoms with Gasteiger partial charge in [-0.1, -0.05) is 6.92 Å². The van der Waals surface area contributed by atoms with E-state index in [2.05, 4.69) is 11.8 Å². The molecule has 0 bridgehead atoms. The third-order valence-electron chi connectivity index (χ3n) is 2.00. The van der Waals surface area contributed by atoms with E-state index < -0.39 is 0 Å². The first-order valence-electron chi connectivity index (χ1n) is 5.25. The Labute approximate surface area is 91.8 Å². The highest BCUT2D eigenvalue weighted by Gasteiger charge is 2.02. The van der Waals surface area contributed by atoms with Crippen molar-refractivity contribution in [1.29, 1.82) is 0 Å². The zero-order valence-corrected chi connectivity index (χ0v) is 10.2. The van der Waals surface area contributed by atoms with E-state index in [-0.39, 0.29) is 6.61 Å². The lowest BCUT2D eigenvalue weighted by Crippen LogP contribution is -2.31. The SMILES string of the molecule is CCSCCCN(CCO)CCOC. The summed E-state index contributed by atoms with van der Waals surface area (Å²) in [5.41, 5.74) is 0. The van der Waals surface area contributed by atoms with Crippen molar-refractivity contribution in [3.8, 4) is 0 Å². The van der Waals surface area contributed by atoms with Gasteiger partial charge in [0.15, 0.2) is 0 Å². The smallest absolute Gasteiger partial charge is 0.0589 e. The van der Waals surface area contributed by atoms with Crippen LogP contribution < -0.4 is 0 Å².